The van der Waals surface area contributed by atoms with Gasteiger partial charge >= 0.3 is 0 Å². The largest absolute Gasteiger partial charge is 0.497 e. The number of methoxy groups -OCH3 is 1. The highest BCUT2D eigenvalue weighted by atomic mass is 32.2. The van der Waals surface area contributed by atoms with Crippen LogP contribution in [0.3, 0.4) is 0 Å². The van der Waals surface area contributed by atoms with E-state index in [1.807, 2.05) is 48.5 Å². The molecule has 1 aliphatic rings. The van der Waals surface area contributed by atoms with Crippen LogP contribution in [0.5, 0.6) is 5.75 Å². The van der Waals surface area contributed by atoms with Gasteiger partial charge in [0, 0.05) is 31.0 Å². The summed E-state index contributed by atoms with van der Waals surface area (Å²) in [4.78, 5) is 15.3. The molecule has 0 aliphatic carbocycles. The smallest absolute Gasteiger partial charge is 0.236 e. The monoisotopic (exact) mass is 499 g/mol. The van der Waals surface area contributed by atoms with E-state index in [1.54, 1.807) is 13.2 Å². The number of carbonyl (C=O) groups is 1. The van der Waals surface area contributed by atoms with E-state index in [1.165, 1.54) is 9.71 Å². The molecule has 8 heteroatoms. The summed E-state index contributed by atoms with van der Waals surface area (Å²) in [5.74, 6) is 0.588. The summed E-state index contributed by atoms with van der Waals surface area (Å²) >= 11 is 0. The average molecular weight is 500 g/mol. The van der Waals surface area contributed by atoms with E-state index in [9.17, 15) is 13.2 Å². The molecule has 1 heterocycles. The Kier molecular flexibility index (Phi) is 9.89. The minimum absolute atomic E-state index is 0.0121. The van der Waals surface area contributed by atoms with E-state index in [-0.39, 0.29) is 17.9 Å². The molecule has 0 spiro atoms. The number of hydrogen-bond acceptors (Lipinski definition) is 5. The van der Waals surface area contributed by atoms with Crippen molar-refractivity contribution in [1.29, 1.82) is 0 Å². The second-order valence-electron chi connectivity index (χ2n) is 8.69. The molecule has 1 amide bonds. The molecule has 7 nitrogen and oxygen atoms in total. The van der Waals surface area contributed by atoms with Gasteiger partial charge in [-0.3, -0.25) is 9.69 Å². The van der Waals surface area contributed by atoms with Crippen molar-refractivity contribution < 1.29 is 17.9 Å². The summed E-state index contributed by atoms with van der Waals surface area (Å²) in [5, 5.41) is 4.39. The second-order valence-corrected chi connectivity index (χ2v) is 10.5. The van der Waals surface area contributed by atoms with Crippen LogP contribution in [0.2, 0.25) is 0 Å². The topological polar surface area (TPSA) is 79.0 Å². The summed E-state index contributed by atoms with van der Waals surface area (Å²) < 4.78 is 32.3. The number of likely N-dealkylation sites (N-methyl/N-ethyl adjacent to an activating group) is 1. The van der Waals surface area contributed by atoms with E-state index < -0.39 is 10.0 Å². The average Bonchev–Trinajstić information content (AvgIpc) is 2.90. The molecule has 3 rings (SSSR count). The number of ether oxygens (including phenoxy) is 1. The number of carbonyl (C=O) groups excluding carboxylic acids is 1. The standard InChI is InChI=1S/C27H37N3O4S/c1-4-29(5-2)26(24-12-9-13-25(20-24)34-3)21-28-27(31)23-14-17-30(18-15-23)35(32,33)19-16-22-10-7-6-8-11-22/h6-13,16,19-20,23,26H,4-5,14-15,17-18,21H2,1-3H3,(H,28,31)/b19-16+. The number of benzene rings is 2. The predicted octanol–water partition coefficient (Wildman–Crippen LogP) is 3.91. The van der Waals surface area contributed by atoms with E-state index >= 15 is 0 Å². The summed E-state index contributed by atoms with van der Waals surface area (Å²) in [6, 6.07) is 17.3. The lowest BCUT2D eigenvalue weighted by molar-refractivity contribution is -0.126. The molecule has 2 aromatic rings. The van der Waals surface area contributed by atoms with Gasteiger partial charge in [0.25, 0.3) is 0 Å². The molecule has 1 saturated heterocycles. The number of hydrogen-bond donors (Lipinski definition) is 1. The first kappa shape index (κ1) is 26.9. The lowest BCUT2D eigenvalue weighted by Crippen LogP contribution is -2.44. The molecule has 1 fully saturated rings. The third-order valence-corrected chi connectivity index (χ3v) is 8.18. The number of amides is 1. The first-order valence-electron chi connectivity index (χ1n) is 12.3. The molecule has 0 saturated carbocycles. The molecule has 1 unspecified atom stereocenters. The van der Waals surface area contributed by atoms with Crippen molar-refractivity contribution in [2.24, 2.45) is 5.92 Å². The Morgan fingerprint density at radius 3 is 2.43 bits per heavy atom. The molecular formula is C27H37N3O4S. The highest BCUT2D eigenvalue weighted by molar-refractivity contribution is 7.92. The molecule has 1 N–H and O–H groups in total. The van der Waals surface area contributed by atoms with Gasteiger partial charge in [-0.2, -0.15) is 4.31 Å². The van der Waals surface area contributed by atoms with Crippen LogP contribution in [0.4, 0.5) is 0 Å². The van der Waals surface area contributed by atoms with Gasteiger partial charge in [0.05, 0.1) is 13.2 Å². The summed E-state index contributed by atoms with van der Waals surface area (Å²) in [5.41, 5.74) is 1.93. The van der Waals surface area contributed by atoms with E-state index in [4.69, 9.17) is 4.74 Å². The van der Waals surface area contributed by atoms with Gasteiger partial charge in [0.2, 0.25) is 15.9 Å². The SMILES string of the molecule is CCN(CC)C(CNC(=O)C1CCN(S(=O)(=O)/C=C/c2ccccc2)CC1)c1cccc(OC)c1. The molecule has 35 heavy (non-hydrogen) atoms. The fourth-order valence-electron chi connectivity index (χ4n) is 4.50. The zero-order valence-electron chi connectivity index (χ0n) is 20.9. The molecule has 190 valence electrons. The van der Waals surface area contributed by atoms with Crippen LogP contribution in [0.25, 0.3) is 6.08 Å². The Labute approximate surface area is 209 Å². The zero-order valence-corrected chi connectivity index (χ0v) is 21.7. The third-order valence-electron chi connectivity index (χ3n) is 6.62. The number of sulfonamides is 1. The van der Waals surface area contributed by atoms with Gasteiger partial charge in [0.1, 0.15) is 5.75 Å². The first-order valence-corrected chi connectivity index (χ1v) is 13.8. The fourth-order valence-corrected chi connectivity index (χ4v) is 5.72. The Hall–Kier alpha value is -2.68. The van der Waals surface area contributed by atoms with Crippen LogP contribution in [0.15, 0.2) is 60.0 Å². The molecule has 1 atom stereocenters. The van der Waals surface area contributed by atoms with Gasteiger partial charge in [-0.25, -0.2) is 8.42 Å². The number of piperidine rings is 1. The third kappa shape index (κ3) is 7.40. The maximum Gasteiger partial charge on any atom is 0.236 e. The highest BCUT2D eigenvalue weighted by Crippen LogP contribution is 2.25. The molecule has 0 aromatic heterocycles. The Balaban J connectivity index is 1.57. The van der Waals surface area contributed by atoms with Crippen LogP contribution >= 0.6 is 0 Å². The van der Waals surface area contributed by atoms with Crippen molar-refractivity contribution in [3.05, 3.63) is 71.1 Å². The number of nitrogens with zero attached hydrogens (tertiary/aromatic N) is 2. The van der Waals surface area contributed by atoms with Crippen LogP contribution in [-0.2, 0) is 14.8 Å². The zero-order chi connectivity index (χ0) is 25.3. The van der Waals surface area contributed by atoms with Crippen molar-refractivity contribution in [3.63, 3.8) is 0 Å². The minimum atomic E-state index is -3.51. The lowest BCUT2D eigenvalue weighted by Gasteiger charge is -2.32. The quantitative estimate of drug-likeness (QED) is 0.507. The van der Waals surface area contributed by atoms with Gasteiger partial charge in [-0.05, 0) is 55.3 Å². The molecular weight excluding hydrogens is 462 g/mol. The second kappa shape index (κ2) is 12.9. The van der Waals surface area contributed by atoms with Crippen molar-refractivity contribution in [1.82, 2.24) is 14.5 Å². The van der Waals surface area contributed by atoms with Crippen LogP contribution < -0.4 is 10.1 Å². The predicted molar refractivity (Wildman–Crippen MR) is 140 cm³/mol. The fraction of sp³-hybridized carbons (Fsp3) is 0.444. The highest BCUT2D eigenvalue weighted by Gasteiger charge is 2.30. The van der Waals surface area contributed by atoms with E-state index in [2.05, 4.69) is 30.1 Å². The van der Waals surface area contributed by atoms with Crippen LogP contribution in [-0.4, -0.2) is 63.4 Å². The first-order chi connectivity index (χ1) is 16.9. The minimum Gasteiger partial charge on any atom is -0.497 e. The maximum absolute atomic E-state index is 13.0. The Morgan fingerprint density at radius 2 is 1.80 bits per heavy atom. The van der Waals surface area contributed by atoms with Crippen LogP contribution in [0.1, 0.15) is 43.9 Å². The van der Waals surface area contributed by atoms with E-state index in [0.29, 0.717) is 32.5 Å². The van der Waals surface area contributed by atoms with Crippen LogP contribution in [0, 0.1) is 5.92 Å². The number of rotatable bonds is 11. The molecule has 0 radical (unpaired) electrons. The van der Waals surface area contributed by atoms with E-state index in [0.717, 1.165) is 30.0 Å². The lowest BCUT2D eigenvalue weighted by atomic mass is 9.97. The van der Waals surface area contributed by atoms with Crippen molar-refractivity contribution in [2.75, 3.05) is 39.8 Å². The van der Waals surface area contributed by atoms with Gasteiger partial charge in [-0.1, -0.05) is 56.3 Å². The normalized spacial score (nSPS) is 16.5. The molecule has 2 aromatic carbocycles. The van der Waals surface area contributed by atoms with Gasteiger partial charge < -0.3 is 10.1 Å². The maximum atomic E-state index is 13.0. The Bertz CT molecular complexity index is 1080. The van der Waals surface area contributed by atoms with Crippen molar-refractivity contribution in [3.8, 4) is 5.75 Å². The van der Waals surface area contributed by atoms with Gasteiger partial charge in [-0.15, -0.1) is 0 Å². The summed E-state index contributed by atoms with van der Waals surface area (Å²) in [7, 11) is -1.86. The molecule has 1 aliphatic heterocycles. The Morgan fingerprint density at radius 1 is 1.11 bits per heavy atom. The summed E-state index contributed by atoms with van der Waals surface area (Å²) in [6.45, 7) is 7.12. The van der Waals surface area contributed by atoms with Crippen molar-refractivity contribution in [2.45, 2.75) is 32.7 Å². The summed E-state index contributed by atoms with van der Waals surface area (Å²) in [6.07, 6.45) is 2.64. The number of nitrogens with one attached hydrogen (secondary N) is 1. The van der Waals surface area contributed by atoms with Crippen molar-refractivity contribution >= 4 is 22.0 Å². The molecule has 0 bridgehead atoms. The van der Waals surface area contributed by atoms with Gasteiger partial charge in [0.15, 0.2) is 0 Å².